The minimum absolute atomic E-state index is 0.113. The van der Waals surface area contributed by atoms with Gasteiger partial charge in [0.15, 0.2) is 0 Å². The van der Waals surface area contributed by atoms with Gasteiger partial charge in [0, 0.05) is 24.1 Å². The number of ether oxygens (including phenoxy) is 3. The molecule has 2 aliphatic rings. The van der Waals surface area contributed by atoms with Gasteiger partial charge in [0.2, 0.25) is 0 Å². The Kier molecular flexibility index (Phi) is 11.3. The maximum Gasteiger partial charge on any atom is 0.412 e. The van der Waals surface area contributed by atoms with Crippen molar-refractivity contribution in [2.75, 3.05) is 17.2 Å². The van der Waals surface area contributed by atoms with Gasteiger partial charge in [-0.05, 0) is 115 Å². The highest BCUT2D eigenvalue weighted by atomic mass is 16.6. The topological polar surface area (TPSA) is 135 Å². The first-order chi connectivity index (χ1) is 24.0. The first kappa shape index (κ1) is 37.2. The van der Waals surface area contributed by atoms with Crippen LogP contribution in [0.4, 0.5) is 25.8 Å². The maximum atomic E-state index is 13.0. The molecular weight excluding hydrogens is 648 g/mol. The molecule has 2 saturated carbocycles. The summed E-state index contributed by atoms with van der Waals surface area (Å²) in [6.45, 7) is 13.7. The van der Waals surface area contributed by atoms with E-state index in [1.807, 2.05) is 56.9 Å². The number of para-hydroxylation sites is 2. The van der Waals surface area contributed by atoms with Gasteiger partial charge >= 0.3 is 18.3 Å². The Labute approximate surface area is 300 Å². The van der Waals surface area contributed by atoms with Crippen LogP contribution in [0.5, 0.6) is 0 Å². The number of nitrogens with one attached hydrogen (secondary N) is 3. The standard InChI is InChI=1S/C40H50N4O7/c1-25(28-18-20-30(21-19-28)35(45)42-32-10-8-9-11-33(32)43-37(47)50-39(2,3)4)41-36(46)49-24-27-14-16-29(17-15-27)31-22-34(31)44(23-26-12-13-26)38(48)51-40(5,6)7/h8-11,14-21,25-26,31,34H,12-13,22-24H2,1-7H3,(H,41,46)(H,42,45)(H,43,47)/t25-,31?,34-/m0/s1. The van der Waals surface area contributed by atoms with Gasteiger partial charge in [-0.2, -0.15) is 0 Å². The van der Waals surface area contributed by atoms with Gasteiger partial charge < -0.3 is 29.7 Å². The van der Waals surface area contributed by atoms with E-state index in [0.717, 1.165) is 42.5 Å². The number of nitrogens with zero attached hydrogens (tertiary/aromatic N) is 1. The number of carbonyl (C=O) groups excluding carboxylic acids is 4. The van der Waals surface area contributed by atoms with Crippen LogP contribution in [0.2, 0.25) is 0 Å². The van der Waals surface area contributed by atoms with Crippen molar-refractivity contribution in [3.63, 3.8) is 0 Å². The average molecular weight is 699 g/mol. The highest BCUT2D eigenvalue weighted by Gasteiger charge is 2.47. The second kappa shape index (κ2) is 15.4. The lowest BCUT2D eigenvalue weighted by Gasteiger charge is -2.28. The van der Waals surface area contributed by atoms with E-state index in [4.69, 9.17) is 14.2 Å². The quantitative estimate of drug-likeness (QED) is 0.170. The number of hydrogen-bond donors (Lipinski definition) is 3. The molecule has 0 radical (unpaired) electrons. The largest absolute Gasteiger partial charge is 0.445 e. The van der Waals surface area contributed by atoms with E-state index in [9.17, 15) is 19.2 Å². The molecule has 0 aliphatic heterocycles. The van der Waals surface area contributed by atoms with Crippen molar-refractivity contribution in [3.05, 3.63) is 95.1 Å². The molecule has 3 aromatic carbocycles. The Morgan fingerprint density at radius 2 is 1.39 bits per heavy atom. The van der Waals surface area contributed by atoms with Gasteiger partial charge in [-0.25, -0.2) is 14.4 Å². The first-order valence-corrected chi connectivity index (χ1v) is 17.6. The molecule has 3 N–H and O–H groups in total. The van der Waals surface area contributed by atoms with Crippen molar-refractivity contribution in [3.8, 4) is 0 Å². The number of amides is 4. The zero-order valence-electron chi connectivity index (χ0n) is 30.6. The molecule has 272 valence electrons. The van der Waals surface area contributed by atoms with Gasteiger partial charge in [-0.1, -0.05) is 48.5 Å². The minimum atomic E-state index is -0.662. The van der Waals surface area contributed by atoms with Crippen LogP contribution in [0.25, 0.3) is 0 Å². The Hall–Kier alpha value is -5.06. The molecule has 3 aromatic rings. The van der Waals surface area contributed by atoms with Gasteiger partial charge in [0.1, 0.15) is 17.8 Å². The van der Waals surface area contributed by atoms with E-state index in [-0.39, 0.29) is 36.6 Å². The van der Waals surface area contributed by atoms with Crippen LogP contribution in [0.15, 0.2) is 72.8 Å². The van der Waals surface area contributed by atoms with E-state index in [0.29, 0.717) is 22.9 Å². The van der Waals surface area contributed by atoms with E-state index >= 15 is 0 Å². The number of rotatable bonds is 11. The Morgan fingerprint density at radius 3 is 1.98 bits per heavy atom. The number of anilines is 2. The molecule has 0 spiro atoms. The zero-order valence-corrected chi connectivity index (χ0v) is 30.6. The predicted octanol–water partition coefficient (Wildman–Crippen LogP) is 8.78. The summed E-state index contributed by atoms with van der Waals surface area (Å²) in [5.74, 6) is 0.482. The molecule has 0 aromatic heterocycles. The summed E-state index contributed by atoms with van der Waals surface area (Å²) in [5.41, 5.74) is 2.86. The lowest BCUT2D eigenvalue weighted by Crippen LogP contribution is -2.40. The van der Waals surface area contributed by atoms with Crippen LogP contribution in [-0.2, 0) is 20.8 Å². The summed E-state index contributed by atoms with van der Waals surface area (Å²) >= 11 is 0. The zero-order chi connectivity index (χ0) is 36.9. The van der Waals surface area contributed by atoms with Crippen molar-refractivity contribution in [1.82, 2.24) is 10.2 Å². The summed E-state index contributed by atoms with van der Waals surface area (Å²) in [5, 5.41) is 8.34. The Morgan fingerprint density at radius 1 is 0.784 bits per heavy atom. The fourth-order valence-corrected chi connectivity index (χ4v) is 5.67. The van der Waals surface area contributed by atoms with E-state index in [1.165, 1.54) is 0 Å². The van der Waals surface area contributed by atoms with Crippen molar-refractivity contribution < 1.29 is 33.4 Å². The lowest BCUT2D eigenvalue weighted by atomic mass is 10.1. The average Bonchev–Trinajstić information content (AvgIpc) is 3.98. The fourth-order valence-electron chi connectivity index (χ4n) is 5.67. The normalized spacial score (nSPS) is 17.4. The van der Waals surface area contributed by atoms with Crippen LogP contribution < -0.4 is 16.0 Å². The highest BCUT2D eigenvalue weighted by molar-refractivity contribution is 6.06. The van der Waals surface area contributed by atoms with Gasteiger partial charge in [-0.15, -0.1) is 0 Å². The molecule has 11 nitrogen and oxygen atoms in total. The number of alkyl carbamates (subject to hydrolysis) is 1. The maximum absolute atomic E-state index is 13.0. The fraction of sp³-hybridized carbons (Fsp3) is 0.450. The number of benzene rings is 3. The number of carbonyl (C=O) groups is 4. The van der Waals surface area contributed by atoms with Crippen LogP contribution in [0.1, 0.15) is 107 Å². The summed E-state index contributed by atoms with van der Waals surface area (Å²) < 4.78 is 16.5. The molecule has 0 saturated heterocycles. The molecule has 0 bridgehead atoms. The first-order valence-electron chi connectivity index (χ1n) is 17.6. The third kappa shape index (κ3) is 11.2. The van der Waals surface area contributed by atoms with Crippen LogP contribution >= 0.6 is 0 Å². The summed E-state index contributed by atoms with van der Waals surface area (Å²) in [6, 6.07) is 21.5. The van der Waals surface area contributed by atoms with Crippen molar-refractivity contribution in [1.29, 1.82) is 0 Å². The van der Waals surface area contributed by atoms with Gasteiger partial charge in [-0.3, -0.25) is 10.1 Å². The predicted molar refractivity (Wildman–Crippen MR) is 196 cm³/mol. The molecule has 1 unspecified atom stereocenters. The number of hydrogen-bond acceptors (Lipinski definition) is 7. The molecule has 51 heavy (non-hydrogen) atoms. The van der Waals surface area contributed by atoms with Crippen molar-refractivity contribution >= 4 is 35.6 Å². The Bertz CT molecular complexity index is 1710. The SMILES string of the molecule is C[C@H](NC(=O)OCc1ccc(C2C[C@@H]2N(CC2CC2)C(=O)OC(C)(C)C)cc1)c1ccc(C(=O)Nc2ccccc2NC(=O)OC(C)(C)C)cc1. The molecule has 2 fully saturated rings. The van der Waals surface area contributed by atoms with Crippen LogP contribution in [-0.4, -0.2) is 52.9 Å². The Balaban J connectivity index is 1.08. The molecule has 0 heterocycles. The lowest BCUT2D eigenvalue weighted by molar-refractivity contribution is 0.0220. The monoisotopic (exact) mass is 698 g/mol. The highest BCUT2D eigenvalue weighted by Crippen LogP contribution is 2.46. The third-order valence-electron chi connectivity index (χ3n) is 8.53. The minimum Gasteiger partial charge on any atom is -0.445 e. The smallest absolute Gasteiger partial charge is 0.412 e. The molecular formula is C40H50N4O7. The van der Waals surface area contributed by atoms with E-state index < -0.39 is 23.4 Å². The summed E-state index contributed by atoms with van der Waals surface area (Å²) in [4.78, 5) is 52.8. The molecule has 5 rings (SSSR count). The molecule has 11 heteroatoms. The van der Waals surface area contributed by atoms with E-state index in [2.05, 4.69) is 16.0 Å². The van der Waals surface area contributed by atoms with Crippen molar-refractivity contribution in [2.24, 2.45) is 5.92 Å². The van der Waals surface area contributed by atoms with Crippen molar-refractivity contribution in [2.45, 2.75) is 104 Å². The van der Waals surface area contributed by atoms with Crippen LogP contribution in [0.3, 0.4) is 0 Å². The molecule has 2 aliphatic carbocycles. The second-order valence-electron chi connectivity index (χ2n) is 15.4. The van der Waals surface area contributed by atoms with Gasteiger partial charge in [0.05, 0.1) is 17.4 Å². The van der Waals surface area contributed by atoms with Gasteiger partial charge in [0.25, 0.3) is 5.91 Å². The summed E-state index contributed by atoms with van der Waals surface area (Å²) in [6.07, 6.45) is 1.82. The second-order valence-corrected chi connectivity index (χ2v) is 15.4. The molecule has 3 atom stereocenters. The third-order valence-corrected chi connectivity index (χ3v) is 8.53. The summed E-state index contributed by atoms with van der Waals surface area (Å²) in [7, 11) is 0. The van der Waals surface area contributed by atoms with Crippen LogP contribution in [0, 0.1) is 5.92 Å². The molecule has 4 amide bonds. The van der Waals surface area contributed by atoms with E-state index in [1.54, 1.807) is 69.3 Å².